The van der Waals surface area contributed by atoms with Crippen LogP contribution in [0.1, 0.15) is 17.2 Å². The molecule has 1 unspecified atom stereocenters. The highest BCUT2D eigenvalue weighted by Crippen LogP contribution is 2.27. The molecule has 0 saturated heterocycles. The molecule has 0 aliphatic rings. The Balaban J connectivity index is 2.26. The van der Waals surface area contributed by atoms with Gasteiger partial charge in [0.25, 0.3) is 0 Å². The van der Waals surface area contributed by atoms with E-state index >= 15 is 0 Å². The zero-order valence-electron chi connectivity index (χ0n) is 11.2. The Morgan fingerprint density at radius 2 is 1.89 bits per heavy atom. The van der Waals surface area contributed by atoms with Crippen LogP contribution in [0.3, 0.4) is 0 Å². The van der Waals surface area contributed by atoms with Crippen molar-refractivity contribution >= 4 is 11.6 Å². The molecule has 1 atom stereocenters. The number of rotatable bonds is 5. The minimum Gasteiger partial charge on any atom is -0.496 e. The van der Waals surface area contributed by atoms with Crippen LogP contribution in [0.2, 0.25) is 5.02 Å². The molecule has 0 amide bonds. The predicted molar refractivity (Wildman–Crippen MR) is 80.0 cm³/mol. The second-order valence-corrected chi connectivity index (χ2v) is 4.85. The van der Waals surface area contributed by atoms with Crippen molar-refractivity contribution in [1.29, 1.82) is 0 Å². The van der Waals surface area contributed by atoms with Gasteiger partial charge in [0.2, 0.25) is 0 Å². The second-order valence-electron chi connectivity index (χ2n) is 4.41. The molecule has 0 aromatic heterocycles. The maximum absolute atomic E-state index is 6.07. The summed E-state index contributed by atoms with van der Waals surface area (Å²) in [7, 11) is 3.65. The van der Waals surface area contributed by atoms with E-state index in [1.54, 1.807) is 7.11 Å². The molecular formula is C16H18ClNO. The van der Waals surface area contributed by atoms with E-state index in [4.69, 9.17) is 16.3 Å². The van der Waals surface area contributed by atoms with Crippen LogP contribution in [0.5, 0.6) is 5.75 Å². The van der Waals surface area contributed by atoms with Crippen LogP contribution >= 0.6 is 11.6 Å². The van der Waals surface area contributed by atoms with E-state index in [-0.39, 0.29) is 6.04 Å². The van der Waals surface area contributed by atoms with E-state index in [0.717, 1.165) is 22.8 Å². The predicted octanol–water partition coefficient (Wildman–Crippen LogP) is 3.85. The molecule has 0 fully saturated rings. The first-order valence-electron chi connectivity index (χ1n) is 6.29. The molecule has 2 rings (SSSR count). The van der Waals surface area contributed by atoms with Gasteiger partial charge in [-0.2, -0.15) is 0 Å². The number of benzene rings is 2. The quantitative estimate of drug-likeness (QED) is 0.895. The maximum Gasteiger partial charge on any atom is 0.122 e. The fourth-order valence-corrected chi connectivity index (χ4v) is 2.39. The summed E-state index contributed by atoms with van der Waals surface area (Å²) in [4.78, 5) is 0. The Morgan fingerprint density at radius 3 is 2.53 bits per heavy atom. The van der Waals surface area contributed by atoms with Gasteiger partial charge in [-0.05, 0) is 42.8 Å². The topological polar surface area (TPSA) is 21.3 Å². The van der Waals surface area contributed by atoms with Crippen molar-refractivity contribution in [2.45, 2.75) is 12.5 Å². The molecule has 2 nitrogen and oxygen atoms in total. The lowest BCUT2D eigenvalue weighted by atomic mass is 9.98. The Kier molecular flexibility index (Phi) is 4.83. The summed E-state index contributed by atoms with van der Waals surface area (Å²) in [6.07, 6.45) is 0.838. The van der Waals surface area contributed by atoms with Crippen molar-refractivity contribution < 1.29 is 4.74 Å². The molecule has 0 radical (unpaired) electrons. The molecule has 3 heteroatoms. The molecule has 0 heterocycles. The number of hydrogen-bond donors (Lipinski definition) is 1. The lowest BCUT2D eigenvalue weighted by Gasteiger charge is -2.18. The van der Waals surface area contributed by atoms with Crippen molar-refractivity contribution in [2.24, 2.45) is 0 Å². The fourth-order valence-electron chi connectivity index (χ4n) is 2.20. The second kappa shape index (κ2) is 6.60. The summed E-state index contributed by atoms with van der Waals surface area (Å²) in [6.45, 7) is 0. The van der Waals surface area contributed by atoms with Gasteiger partial charge in [-0.1, -0.05) is 41.9 Å². The Morgan fingerprint density at radius 1 is 1.16 bits per heavy atom. The average Bonchev–Trinajstić information content (AvgIpc) is 2.46. The Bertz CT molecular complexity index is 528. The number of ether oxygens (including phenoxy) is 1. The number of nitrogens with one attached hydrogen (secondary N) is 1. The zero-order chi connectivity index (χ0) is 13.7. The number of hydrogen-bond acceptors (Lipinski definition) is 2. The van der Waals surface area contributed by atoms with E-state index in [9.17, 15) is 0 Å². The van der Waals surface area contributed by atoms with Crippen molar-refractivity contribution in [1.82, 2.24) is 5.32 Å². The van der Waals surface area contributed by atoms with Crippen LogP contribution in [-0.2, 0) is 6.42 Å². The Labute approximate surface area is 119 Å². The highest BCUT2D eigenvalue weighted by Gasteiger charge is 2.13. The highest BCUT2D eigenvalue weighted by atomic mass is 35.5. The molecule has 0 saturated carbocycles. The van der Waals surface area contributed by atoms with Gasteiger partial charge in [0.05, 0.1) is 7.11 Å². The van der Waals surface area contributed by atoms with Gasteiger partial charge in [-0.15, -0.1) is 0 Å². The smallest absolute Gasteiger partial charge is 0.122 e. The highest BCUT2D eigenvalue weighted by molar-refractivity contribution is 6.30. The summed E-state index contributed by atoms with van der Waals surface area (Å²) < 4.78 is 5.40. The van der Waals surface area contributed by atoms with E-state index in [1.165, 1.54) is 5.56 Å². The normalized spacial score (nSPS) is 12.2. The fraction of sp³-hybridized carbons (Fsp3) is 0.250. The van der Waals surface area contributed by atoms with Crippen LogP contribution in [0.25, 0.3) is 0 Å². The van der Waals surface area contributed by atoms with Gasteiger partial charge < -0.3 is 10.1 Å². The van der Waals surface area contributed by atoms with E-state index in [0.29, 0.717) is 0 Å². The molecule has 19 heavy (non-hydrogen) atoms. The molecule has 2 aromatic rings. The number of methoxy groups -OCH3 is 1. The Hall–Kier alpha value is -1.51. The maximum atomic E-state index is 6.07. The molecule has 0 bridgehead atoms. The van der Waals surface area contributed by atoms with Crippen LogP contribution in [0, 0.1) is 0 Å². The molecule has 0 spiro atoms. The summed E-state index contributed by atoms with van der Waals surface area (Å²) in [5, 5.41) is 4.07. The molecule has 2 aromatic carbocycles. The third-order valence-corrected chi connectivity index (χ3v) is 3.45. The number of likely N-dealkylation sites (N-methyl/N-ethyl adjacent to an activating group) is 1. The molecule has 0 aliphatic heterocycles. The molecule has 0 aliphatic carbocycles. The van der Waals surface area contributed by atoms with Crippen molar-refractivity contribution in [3.8, 4) is 5.75 Å². The minimum atomic E-state index is 0.244. The van der Waals surface area contributed by atoms with Crippen molar-refractivity contribution in [2.75, 3.05) is 14.2 Å². The molecular weight excluding hydrogens is 258 g/mol. The first-order chi connectivity index (χ1) is 9.24. The van der Waals surface area contributed by atoms with Gasteiger partial charge in [-0.25, -0.2) is 0 Å². The van der Waals surface area contributed by atoms with Crippen LogP contribution < -0.4 is 10.1 Å². The lowest BCUT2D eigenvalue weighted by Crippen LogP contribution is -2.19. The number of halogens is 1. The minimum absolute atomic E-state index is 0.244. The monoisotopic (exact) mass is 275 g/mol. The van der Waals surface area contributed by atoms with Crippen molar-refractivity contribution in [3.63, 3.8) is 0 Å². The van der Waals surface area contributed by atoms with Gasteiger partial charge in [0.1, 0.15) is 5.75 Å². The molecule has 100 valence electrons. The van der Waals surface area contributed by atoms with E-state index in [1.807, 2.05) is 31.3 Å². The lowest BCUT2D eigenvalue weighted by molar-refractivity contribution is 0.406. The standard InChI is InChI=1S/C16H18ClNO/c1-18-15(12-6-4-3-5-7-12)11-13-10-14(17)8-9-16(13)19-2/h3-10,15,18H,11H2,1-2H3. The summed E-state index contributed by atoms with van der Waals surface area (Å²) in [5.74, 6) is 0.876. The van der Waals surface area contributed by atoms with Gasteiger partial charge >= 0.3 is 0 Å². The van der Waals surface area contributed by atoms with E-state index in [2.05, 4.69) is 29.6 Å². The SMILES string of the molecule is CNC(Cc1cc(Cl)ccc1OC)c1ccccc1. The van der Waals surface area contributed by atoms with Crippen LogP contribution in [0.4, 0.5) is 0 Å². The summed E-state index contributed by atoms with van der Waals surface area (Å²) >= 11 is 6.07. The van der Waals surface area contributed by atoms with Crippen LogP contribution in [0.15, 0.2) is 48.5 Å². The zero-order valence-corrected chi connectivity index (χ0v) is 11.9. The largest absolute Gasteiger partial charge is 0.496 e. The average molecular weight is 276 g/mol. The van der Waals surface area contributed by atoms with Crippen molar-refractivity contribution in [3.05, 3.63) is 64.7 Å². The third-order valence-electron chi connectivity index (χ3n) is 3.22. The molecule has 1 N–H and O–H groups in total. The first kappa shape index (κ1) is 13.9. The summed E-state index contributed by atoms with van der Waals surface area (Å²) in [6, 6.07) is 16.3. The van der Waals surface area contributed by atoms with Gasteiger partial charge in [0, 0.05) is 11.1 Å². The third kappa shape index (κ3) is 3.49. The van der Waals surface area contributed by atoms with E-state index < -0.39 is 0 Å². The van der Waals surface area contributed by atoms with Crippen LogP contribution in [-0.4, -0.2) is 14.2 Å². The first-order valence-corrected chi connectivity index (χ1v) is 6.67. The summed E-state index contributed by atoms with van der Waals surface area (Å²) in [5.41, 5.74) is 2.37. The van der Waals surface area contributed by atoms with Gasteiger partial charge in [-0.3, -0.25) is 0 Å². The van der Waals surface area contributed by atoms with Gasteiger partial charge in [0.15, 0.2) is 0 Å².